The summed E-state index contributed by atoms with van der Waals surface area (Å²) in [6.07, 6.45) is 2.06. The van der Waals surface area contributed by atoms with Gasteiger partial charge in [0.2, 0.25) is 11.8 Å². The maximum absolute atomic E-state index is 13.1. The van der Waals surface area contributed by atoms with Crippen molar-refractivity contribution in [1.29, 1.82) is 0 Å². The van der Waals surface area contributed by atoms with Gasteiger partial charge in [0, 0.05) is 54.6 Å². The van der Waals surface area contributed by atoms with Crippen molar-refractivity contribution in [3.8, 4) is 0 Å². The maximum atomic E-state index is 13.1. The quantitative estimate of drug-likeness (QED) is 0.842. The number of nitrogens with zero attached hydrogens (tertiary/aromatic N) is 2. The average molecular weight is 367 g/mol. The summed E-state index contributed by atoms with van der Waals surface area (Å²) in [6.45, 7) is 10.2. The third-order valence-electron chi connectivity index (χ3n) is 6.01. The van der Waals surface area contributed by atoms with Gasteiger partial charge in [-0.15, -0.1) is 0 Å². The predicted molar refractivity (Wildman–Crippen MR) is 107 cm³/mol. The summed E-state index contributed by atoms with van der Waals surface area (Å²) in [5.74, 6) is 0.0373. The van der Waals surface area contributed by atoms with E-state index in [4.69, 9.17) is 0 Å². The van der Waals surface area contributed by atoms with E-state index in [-0.39, 0.29) is 23.3 Å². The van der Waals surface area contributed by atoms with Crippen molar-refractivity contribution in [3.63, 3.8) is 0 Å². The smallest absolute Gasteiger partial charge is 0.228 e. The fraction of sp³-hybridized carbons (Fsp3) is 0.545. The van der Waals surface area contributed by atoms with Crippen molar-refractivity contribution in [2.75, 3.05) is 19.6 Å². The average Bonchev–Trinajstić information content (AvgIpc) is 3.08. The van der Waals surface area contributed by atoms with Crippen LogP contribution in [0.4, 0.5) is 0 Å². The van der Waals surface area contributed by atoms with Gasteiger partial charge >= 0.3 is 0 Å². The molecule has 27 heavy (non-hydrogen) atoms. The highest BCUT2D eigenvalue weighted by Gasteiger charge is 2.41. The monoisotopic (exact) mass is 367 g/mol. The third-order valence-corrected chi connectivity index (χ3v) is 6.01. The van der Waals surface area contributed by atoms with E-state index in [1.165, 1.54) is 27.7 Å². The van der Waals surface area contributed by atoms with E-state index in [9.17, 15) is 9.59 Å². The van der Waals surface area contributed by atoms with Gasteiger partial charge in [-0.3, -0.25) is 9.59 Å². The lowest BCUT2D eigenvalue weighted by Gasteiger charge is -2.32. The van der Waals surface area contributed by atoms with E-state index in [0.717, 1.165) is 25.9 Å². The highest BCUT2D eigenvalue weighted by Crippen LogP contribution is 2.30. The number of aryl methyl sites for hydroxylation is 1. The minimum absolute atomic E-state index is 0.0994. The first-order chi connectivity index (χ1) is 12.7. The number of rotatable bonds is 1. The first kappa shape index (κ1) is 18.1. The van der Waals surface area contributed by atoms with E-state index in [1.807, 2.05) is 30.6 Å². The molecule has 0 radical (unpaired) electrons. The molecule has 1 fully saturated rings. The Labute approximate surface area is 160 Å². The zero-order valence-electron chi connectivity index (χ0n) is 16.8. The number of likely N-dealkylation sites (tertiary alicyclic amines) is 1. The molecular formula is C22H29N3O2. The number of carbonyl (C=O) groups is 2. The molecule has 0 spiro atoms. The Morgan fingerprint density at radius 2 is 1.93 bits per heavy atom. The molecule has 1 N–H and O–H groups in total. The fourth-order valence-corrected chi connectivity index (χ4v) is 4.52. The van der Waals surface area contributed by atoms with Crippen molar-refractivity contribution in [2.45, 2.75) is 52.5 Å². The van der Waals surface area contributed by atoms with Crippen LogP contribution in [0, 0.1) is 12.8 Å². The number of fused-ring (bicyclic) bond motifs is 3. The summed E-state index contributed by atoms with van der Waals surface area (Å²) in [6, 6.07) is 6.51. The second-order valence-corrected chi connectivity index (χ2v) is 9.03. The third kappa shape index (κ3) is 3.24. The molecule has 1 aromatic carbocycles. The number of aromatic nitrogens is 1. The number of benzene rings is 1. The Morgan fingerprint density at radius 1 is 1.19 bits per heavy atom. The van der Waals surface area contributed by atoms with Crippen molar-refractivity contribution >= 4 is 22.7 Å². The molecule has 0 aliphatic carbocycles. The topological polar surface area (TPSA) is 56.4 Å². The normalized spacial score (nSPS) is 20.9. The molecule has 5 heteroatoms. The van der Waals surface area contributed by atoms with Gasteiger partial charge in [-0.1, -0.05) is 11.6 Å². The van der Waals surface area contributed by atoms with Crippen molar-refractivity contribution in [3.05, 3.63) is 35.0 Å². The number of H-pyrrole nitrogens is 1. The molecule has 0 bridgehead atoms. The van der Waals surface area contributed by atoms with E-state index in [1.54, 1.807) is 0 Å². The molecule has 3 heterocycles. The number of aromatic amines is 1. The Balaban J connectivity index is 1.50. The molecule has 2 amide bonds. The Kier molecular flexibility index (Phi) is 4.28. The number of nitrogens with one attached hydrogen (secondary N) is 1. The van der Waals surface area contributed by atoms with E-state index in [0.29, 0.717) is 13.0 Å². The van der Waals surface area contributed by atoms with Gasteiger partial charge in [0.1, 0.15) is 0 Å². The fourth-order valence-electron chi connectivity index (χ4n) is 4.52. The highest BCUT2D eigenvalue weighted by atomic mass is 16.2. The molecule has 1 unspecified atom stereocenters. The van der Waals surface area contributed by atoms with Crippen LogP contribution in [0.15, 0.2) is 18.2 Å². The molecule has 2 aromatic rings. The zero-order chi connectivity index (χ0) is 19.3. The van der Waals surface area contributed by atoms with E-state index in [2.05, 4.69) is 30.1 Å². The lowest BCUT2D eigenvalue weighted by atomic mass is 10.0. The molecule has 1 aromatic heterocycles. The summed E-state index contributed by atoms with van der Waals surface area (Å²) in [5, 5.41) is 1.29. The van der Waals surface area contributed by atoms with Gasteiger partial charge in [-0.25, -0.2) is 0 Å². The Morgan fingerprint density at radius 3 is 2.63 bits per heavy atom. The van der Waals surface area contributed by atoms with Crippen LogP contribution in [0.2, 0.25) is 0 Å². The van der Waals surface area contributed by atoms with Crippen LogP contribution in [-0.2, 0) is 22.4 Å². The van der Waals surface area contributed by atoms with Crippen LogP contribution in [0.3, 0.4) is 0 Å². The minimum Gasteiger partial charge on any atom is -0.358 e. The van der Waals surface area contributed by atoms with Crippen LogP contribution in [-0.4, -0.2) is 51.8 Å². The summed E-state index contributed by atoms with van der Waals surface area (Å²) < 4.78 is 0. The van der Waals surface area contributed by atoms with Crippen LogP contribution in [0.1, 0.15) is 44.0 Å². The predicted octanol–water partition coefficient (Wildman–Crippen LogP) is 3.05. The number of hydrogen-bond donors (Lipinski definition) is 1. The number of amides is 2. The van der Waals surface area contributed by atoms with Gasteiger partial charge in [0.25, 0.3) is 0 Å². The second-order valence-electron chi connectivity index (χ2n) is 9.03. The second kappa shape index (κ2) is 6.39. The molecule has 1 atom stereocenters. The highest BCUT2D eigenvalue weighted by molar-refractivity contribution is 5.90. The molecule has 2 aliphatic heterocycles. The standard InChI is InChI=1S/C22H29N3O2/c1-14-5-6-18-17(11-14)16-7-9-24(10-8-19(16)23-18)21(27)15-12-20(26)25(13-15)22(2,3)4/h5-6,11,15,23H,7-10,12-13H2,1-4H3. The maximum Gasteiger partial charge on any atom is 0.228 e. The van der Waals surface area contributed by atoms with Gasteiger partial charge in [0.05, 0.1) is 5.92 Å². The summed E-state index contributed by atoms with van der Waals surface area (Å²) in [4.78, 5) is 32.8. The van der Waals surface area contributed by atoms with Gasteiger partial charge in [-0.05, 0) is 51.8 Å². The van der Waals surface area contributed by atoms with E-state index < -0.39 is 0 Å². The summed E-state index contributed by atoms with van der Waals surface area (Å²) >= 11 is 0. The number of hydrogen-bond acceptors (Lipinski definition) is 2. The van der Waals surface area contributed by atoms with E-state index >= 15 is 0 Å². The SMILES string of the molecule is Cc1ccc2[nH]c3c(c2c1)CCN(C(=O)C1CC(=O)N(C(C)(C)C)C1)CC3. The first-order valence-corrected chi connectivity index (χ1v) is 9.93. The van der Waals surface area contributed by atoms with Crippen LogP contribution < -0.4 is 0 Å². The molecule has 0 saturated carbocycles. The zero-order valence-corrected chi connectivity index (χ0v) is 16.8. The molecule has 4 rings (SSSR count). The summed E-state index contributed by atoms with van der Waals surface area (Å²) in [5.41, 5.74) is 4.83. The first-order valence-electron chi connectivity index (χ1n) is 9.93. The molecular weight excluding hydrogens is 338 g/mol. The molecule has 2 aliphatic rings. The van der Waals surface area contributed by atoms with Crippen molar-refractivity contribution in [2.24, 2.45) is 5.92 Å². The Hall–Kier alpha value is -2.30. The minimum atomic E-state index is -0.223. The van der Waals surface area contributed by atoms with Gasteiger partial charge in [-0.2, -0.15) is 0 Å². The molecule has 1 saturated heterocycles. The lowest BCUT2D eigenvalue weighted by molar-refractivity contribution is -0.135. The van der Waals surface area contributed by atoms with Crippen LogP contribution >= 0.6 is 0 Å². The lowest BCUT2D eigenvalue weighted by Crippen LogP contribution is -2.44. The van der Waals surface area contributed by atoms with Gasteiger partial charge in [0.15, 0.2) is 0 Å². The van der Waals surface area contributed by atoms with Crippen molar-refractivity contribution in [1.82, 2.24) is 14.8 Å². The number of carbonyl (C=O) groups excluding carboxylic acids is 2. The van der Waals surface area contributed by atoms with Crippen molar-refractivity contribution < 1.29 is 9.59 Å². The van der Waals surface area contributed by atoms with Gasteiger partial charge < -0.3 is 14.8 Å². The summed E-state index contributed by atoms with van der Waals surface area (Å²) in [7, 11) is 0. The van der Waals surface area contributed by atoms with Crippen LogP contribution in [0.5, 0.6) is 0 Å². The van der Waals surface area contributed by atoms with Crippen LogP contribution in [0.25, 0.3) is 10.9 Å². The largest absolute Gasteiger partial charge is 0.358 e. The Bertz CT molecular complexity index is 906. The molecule has 144 valence electrons. The molecule has 5 nitrogen and oxygen atoms in total.